The predicted octanol–water partition coefficient (Wildman–Crippen LogP) is 2.84. The first-order valence-corrected chi connectivity index (χ1v) is 5.45. The third-order valence-corrected chi connectivity index (χ3v) is 2.28. The first kappa shape index (κ1) is 13.2. The molecular formula is C10H21ClO2. The highest BCUT2D eigenvalue weighted by Crippen LogP contribution is 2.11. The van der Waals surface area contributed by atoms with E-state index < -0.39 is 0 Å². The highest BCUT2D eigenvalue weighted by molar-refractivity contribution is 6.20. The van der Waals surface area contributed by atoms with Gasteiger partial charge in [0.25, 0.3) is 0 Å². The lowest BCUT2D eigenvalue weighted by Crippen LogP contribution is -2.05. The molecule has 0 aliphatic carbocycles. The van der Waals surface area contributed by atoms with E-state index in [0.29, 0.717) is 18.6 Å². The van der Waals surface area contributed by atoms with Crippen LogP contribution in [-0.2, 0) is 9.47 Å². The van der Waals surface area contributed by atoms with Gasteiger partial charge in [0.2, 0.25) is 0 Å². The number of ether oxygens (including phenoxy) is 2. The maximum atomic E-state index is 6.04. The molecule has 0 aliphatic heterocycles. The number of alkyl halides is 1. The summed E-state index contributed by atoms with van der Waals surface area (Å²) in [5.41, 5.74) is 0. The maximum Gasteiger partial charge on any atom is 0.0700 e. The van der Waals surface area contributed by atoms with Gasteiger partial charge in [-0.25, -0.2) is 0 Å². The summed E-state index contributed by atoms with van der Waals surface area (Å²) in [5, 5.41) is 0.330. The summed E-state index contributed by atoms with van der Waals surface area (Å²) in [6.07, 6.45) is 4.39. The number of hydrogen-bond donors (Lipinski definition) is 0. The minimum atomic E-state index is 0.330. The minimum Gasteiger partial charge on any atom is -0.382 e. The van der Waals surface area contributed by atoms with E-state index in [9.17, 15) is 0 Å². The molecule has 0 aromatic rings. The van der Waals surface area contributed by atoms with Gasteiger partial charge in [0.05, 0.1) is 13.2 Å². The Morgan fingerprint density at radius 2 is 1.92 bits per heavy atom. The molecule has 0 aromatic carbocycles. The van der Waals surface area contributed by atoms with Crippen LogP contribution in [0.4, 0.5) is 0 Å². The normalized spacial score (nSPS) is 13.2. The van der Waals surface area contributed by atoms with Gasteiger partial charge in [-0.15, -0.1) is 11.6 Å². The summed E-state index contributed by atoms with van der Waals surface area (Å²) in [6, 6.07) is 0. The van der Waals surface area contributed by atoms with Crippen LogP contribution >= 0.6 is 11.6 Å². The quantitative estimate of drug-likeness (QED) is 0.429. The molecule has 80 valence electrons. The predicted molar refractivity (Wildman–Crippen MR) is 56.5 cm³/mol. The lowest BCUT2D eigenvalue weighted by atomic mass is 10.1. The number of hydrogen-bond acceptors (Lipinski definition) is 2. The summed E-state index contributed by atoms with van der Waals surface area (Å²) >= 11 is 6.04. The van der Waals surface area contributed by atoms with E-state index >= 15 is 0 Å². The Balaban J connectivity index is 2.97. The monoisotopic (exact) mass is 208 g/mol. The van der Waals surface area contributed by atoms with E-state index in [1.54, 1.807) is 7.11 Å². The molecule has 1 atom stereocenters. The summed E-state index contributed by atoms with van der Waals surface area (Å²) in [7, 11) is 1.68. The Hall–Kier alpha value is 0.210. The highest BCUT2D eigenvalue weighted by Gasteiger charge is 2.01. The van der Waals surface area contributed by atoms with Crippen LogP contribution in [0.2, 0.25) is 0 Å². The molecule has 0 aliphatic rings. The first-order chi connectivity index (χ1) is 6.31. The smallest absolute Gasteiger partial charge is 0.0700 e. The zero-order valence-electron chi connectivity index (χ0n) is 8.72. The fourth-order valence-electron chi connectivity index (χ4n) is 1.11. The molecule has 0 N–H and O–H groups in total. The number of halogens is 1. The molecule has 13 heavy (non-hydrogen) atoms. The zero-order chi connectivity index (χ0) is 9.94. The van der Waals surface area contributed by atoms with Gasteiger partial charge in [-0.2, -0.15) is 0 Å². The molecule has 3 heteroatoms. The lowest BCUT2D eigenvalue weighted by molar-refractivity contribution is 0.0686. The molecule has 0 saturated carbocycles. The molecule has 0 spiro atoms. The van der Waals surface area contributed by atoms with Gasteiger partial charge in [0.1, 0.15) is 0 Å². The third kappa shape index (κ3) is 10.1. The average Bonchev–Trinajstić information content (AvgIpc) is 2.11. The fourth-order valence-corrected chi connectivity index (χ4v) is 1.48. The van der Waals surface area contributed by atoms with Crippen molar-refractivity contribution in [1.29, 1.82) is 0 Å². The Morgan fingerprint density at radius 3 is 2.54 bits per heavy atom. The van der Waals surface area contributed by atoms with Crippen molar-refractivity contribution in [2.45, 2.75) is 38.0 Å². The Kier molecular flexibility index (Phi) is 10.5. The zero-order valence-corrected chi connectivity index (χ0v) is 9.48. The van der Waals surface area contributed by atoms with E-state index in [2.05, 4.69) is 6.92 Å². The lowest BCUT2D eigenvalue weighted by Gasteiger charge is -2.07. The van der Waals surface area contributed by atoms with Crippen molar-refractivity contribution < 1.29 is 9.47 Å². The standard InChI is InChI=1S/C10H21ClO2/c1-3-5-10(11)6-4-7-13-9-8-12-2/h10H,3-9H2,1-2H3. The van der Waals surface area contributed by atoms with E-state index in [1.165, 1.54) is 6.42 Å². The third-order valence-electron chi connectivity index (χ3n) is 1.84. The molecule has 0 bridgehead atoms. The topological polar surface area (TPSA) is 18.5 Å². The van der Waals surface area contributed by atoms with Crippen molar-refractivity contribution >= 4 is 11.6 Å². The second kappa shape index (κ2) is 10.3. The molecule has 0 fully saturated rings. The number of rotatable bonds is 9. The minimum absolute atomic E-state index is 0.330. The van der Waals surface area contributed by atoms with Crippen LogP contribution in [0.1, 0.15) is 32.6 Å². The van der Waals surface area contributed by atoms with Crippen molar-refractivity contribution in [2.75, 3.05) is 26.9 Å². The molecule has 0 saturated heterocycles. The van der Waals surface area contributed by atoms with Crippen LogP contribution in [0.15, 0.2) is 0 Å². The van der Waals surface area contributed by atoms with E-state index in [1.807, 2.05) is 0 Å². The molecule has 0 rings (SSSR count). The van der Waals surface area contributed by atoms with Crippen LogP contribution in [0, 0.1) is 0 Å². The van der Waals surface area contributed by atoms with Gasteiger partial charge in [-0.05, 0) is 19.3 Å². The van der Waals surface area contributed by atoms with Crippen molar-refractivity contribution in [3.8, 4) is 0 Å². The fraction of sp³-hybridized carbons (Fsp3) is 1.00. The molecule has 0 aromatic heterocycles. The molecular weight excluding hydrogens is 188 g/mol. The van der Waals surface area contributed by atoms with Crippen LogP contribution in [0.25, 0.3) is 0 Å². The van der Waals surface area contributed by atoms with E-state index in [4.69, 9.17) is 21.1 Å². The Bertz CT molecular complexity index is 98.9. The maximum absolute atomic E-state index is 6.04. The van der Waals surface area contributed by atoms with Gasteiger partial charge in [-0.1, -0.05) is 13.3 Å². The van der Waals surface area contributed by atoms with Crippen molar-refractivity contribution in [3.63, 3.8) is 0 Å². The largest absolute Gasteiger partial charge is 0.382 e. The van der Waals surface area contributed by atoms with E-state index in [0.717, 1.165) is 25.9 Å². The van der Waals surface area contributed by atoms with Crippen molar-refractivity contribution in [3.05, 3.63) is 0 Å². The highest BCUT2D eigenvalue weighted by atomic mass is 35.5. The van der Waals surface area contributed by atoms with Gasteiger partial charge in [-0.3, -0.25) is 0 Å². The molecule has 2 nitrogen and oxygen atoms in total. The van der Waals surface area contributed by atoms with Gasteiger partial charge >= 0.3 is 0 Å². The van der Waals surface area contributed by atoms with E-state index in [-0.39, 0.29) is 0 Å². The molecule has 0 amide bonds. The molecule has 0 radical (unpaired) electrons. The van der Waals surface area contributed by atoms with Gasteiger partial charge < -0.3 is 9.47 Å². The molecule has 1 unspecified atom stereocenters. The number of methoxy groups -OCH3 is 1. The van der Waals surface area contributed by atoms with Crippen molar-refractivity contribution in [1.82, 2.24) is 0 Å². The van der Waals surface area contributed by atoms with Crippen molar-refractivity contribution in [2.24, 2.45) is 0 Å². The van der Waals surface area contributed by atoms with Crippen LogP contribution in [0.3, 0.4) is 0 Å². The summed E-state index contributed by atoms with van der Waals surface area (Å²) in [6.45, 7) is 4.33. The summed E-state index contributed by atoms with van der Waals surface area (Å²) in [4.78, 5) is 0. The van der Waals surface area contributed by atoms with Gasteiger partial charge in [0, 0.05) is 19.1 Å². The summed E-state index contributed by atoms with van der Waals surface area (Å²) < 4.78 is 10.2. The molecule has 0 heterocycles. The Labute approximate surface area is 86.6 Å². The second-order valence-electron chi connectivity index (χ2n) is 3.13. The Morgan fingerprint density at radius 1 is 1.15 bits per heavy atom. The van der Waals surface area contributed by atoms with Gasteiger partial charge in [0.15, 0.2) is 0 Å². The van der Waals surface area contributed by atoms with Crippen LogP contribution in [-0.4, -0.2) is 32.3 Å². The first-order valence-electron chi connectivity index (χ1n) is 5.02. The second-order valence-corrected chi connectivity index (χ2v) is 3.75. The summed E-state index contributed by atoms with van der Waals surface area (Å²) in [5.74, 6) is 0. The van der Waals surface area contributed by atoms with Crippen LogP contribution < -0.4 is 0 Å². The SMILES string of the molecule is CCCC(Cl)CCCOCCOC. The average molecular weight is 209 g/mol. The van der Waals surface area contributed by atoms with Crippen LogP contribution in [0.5, 0.6) is 0 Å².